The Morgan fingerprint density at radius 1 is 1.53 bits per heavy atom. The van der Waals surface area contributed by atoms with E-state index in [2.05, 4.69) is 12.6 Å². The minimum Gasteiger partial charge on any atom is -0.496 e. The topological polar surface area (TPSA) is 59.3 Å². The molecule has 0 aliphatic heterocycles. The molecule has 0 aliphatic rings. The molecule has 5 heteroatoms. The van der Waals surface area contributed by atoms with Gasteiger partial charge in [-0.15, -0.1) is 12.6 Å². The number of thiol groups is 1. The zero-order valence-electron chi connectivity index (χ0n) is 9.69. The predicted octanol–water partition coefficient (Wildman–Crippen LogP) is 1.96. The van der Waals surface area contributed by atoms with Gasteiger partial charge in [0.25, 0.3) is 0 Å². The molecule has 0 amide bonds. The number of esters is 1. The van der Waals surface area contributed by atoms with Crippen molar-refractivity contribution in [3.8, 4) is 11.8 Å². The van der Waals surface area contributed by atoms with Gasteiger partial charge in [-0.05, 0) is 24.6 Å². The molecule has 0 aliphatic carbocycles. The minimum atomic E-state index is -0.363. The quantitative estimate of drug-likeness (QED) is 0.656. The number of hydrogen-bond donors (Lipinski definition) is 1. The molecular weight excluding hydrogens is 238 g/mol. The average Bonchev–Trinajstić information content (AvgIpc) is 2.31. The van der Waals surface area contributed by atoms with E-state index in [1.54, 1.807) is 19.1 Å². The van der Waals surface area contributed by atoms with Crippen molar-refractivity contribution in [2.24, 2.45) is 0 Å². The monoisotopic (exact) mass is 251 g/mol. The van der Waals surface area contributed by atoms with Crippen LogP contribution in [0.5, 0.6) is 5.75 Å². The molecule has 0 aromatic heterocycles. The van der Waals surface area contributed by atoms with E-state index in [9.17, 15) is 4.79 Å². The van der Waals surface area contributed by atoms with Crippen molar-refractivity contribution in [3.63, 3.8) is 0 Å². The average molecular weight is 251 g/mol. The molecule has 0 fully saturated rings. The predicted molar refractivity (Wildman–Crippen MR) is 65.3 cm³/mol. The summed E-state index contributed by atoms with van der Waals surface area (Å²) in [4.78, 5) is 11.9. The number of carbonyl (C=O) groups excluding carboxylic acids is 1. The van der Waals surface area contributed by atoms with Crippen LogP contribution >= 0.6 is 12.6 Å². The molecule has 1 aromatic carbocycles. The van der Waals surface area contributed by atoms with Crippen molar-refractivity contribution in [2.45, 2.75) is 18.2 Å². The lowest BCUT2D eigenvalue weighted by molar-refractivity contribution is -0.142. The van der Waals surface area contributed by atoms with Crippen LogP contribution in [0.25, 0.3) is 0 Å². The molecular formula is C12H13NO3S. The maximum atomic E-state index is 11.4. The Morgan fingerprint density at radius 3 is 2.76 bits per heavy atom. The molecule has 4 nitrogen and oxygen atoms in total. The van der Waals surface area contributed by atoms with Gasteiger partial charge in [0, 0.05) is 4.90 Å². The van der Waals surface area contributed by atoms with Gasteiger partial charge >= 0.3 is 5.97 Å². The number of benzene rings is 1. The Morgan fingerprint density at radius 2 is 2.24 bits per heavy atom. The van der Waals surface area contributed by atoms with Crippen molar-refractivity contribution in [3.05, 3.63) is 23.3 Å². The maximum Gasteiger partial charge on any atom is 0.310 e. The van der Waals surface area contributed by atoms with Crippen LogP contribution in [-0.4, -0.2) is 19.7 Å². The van der Waals surface area contributed by atoms with Gasteiger partial charge in [-0.2, -0.15) is 5.26 Å². The molecule has 0 bridgehead atoms. The molecule has 0 radical (unpaired) electrons. The third-order valence-corrected chi connectivity index (χ3v) is 2.51. The van der Waals surface area contributed by atoms with Crippen LogP contribution in [0.2, 0.25) is 0 Å². The first-order valence-electron chi connectivity index (χ1n) is 5.08. The van der Waals surface area contributed by atoms with Crippen molar-refractivity contribution in [1.29, 1.82) is 5.26 Å². The van der Waals surface area contributed by atoms with E-state index in [0.717, 1.165) is 0 Å². The smallest absolute Gasteiger partial charge is 0.310 e. The number of rotatable bonds is 4. The molecule has 90 valence electrons. The Hall–Kier alpha value is -1.67. The van der Waals surface area contributed by atoms with Gasteiger partial charge < -0.3 is 9.47 Å². The van der Waals surface area contributed by atoms with E-state index < -0.39 is 0 Å². The van der Waals surface area contributed by atoms with E-state index in [-0.39, 0.29) is 12.4 Å². The number of ether oxygens (including phenoxy) is 2. The van der Waals surface area contributed by atoms with Gasteiger partial charge in [-0.1, -0.05) is 0 Å². The van der Waals surface area contributed by atoms with Crippen LogP contribution in [0.1, 0.15) is 18.1 Å². The van der Waals surface area contributed by atoms with Gasteiger partial charge in [0.2, 0.25) is 0 Å². The van der Waals surface area contributed by atoms with Crippen LogP contribution in [0, 0.1) is 11.3 Å². The van der Waals surface area contributed by atoms with Gasteiger partial charge in [-0.3, -0.25) is 4.79 Å². The molecule has 0 heterocycles. The summed E-state index contributed by atoms with van der Waals surface area (Å²) in [5.74, 6) is 0.171. The summed E-state index contributed by atoms with van der Waals surface area (Å²) < 4.78 is 9.93. The summed E-state index contributed by atoms with van der Waals surface area (Å²) in [6.07, 6.45) is 0.0567. The van der Waals surface area contributed by atoms with Crippen LogP contribution in [0.4, 0.5) is 0 Å². The van der Waals surface area contributed by atoms with Gasteiger partial charge in [0.1, 0.15) is 5.75 Å². The highest BCUT2D eigenvalue weighted by atomic mass is 32.1. The van der Waals surface area contributed by atoms with Crippen molar-refractivity contribution >= 4 is 18.6 Å². The fourth-order valence-corrected chi connectivity index (χ4v) is 1.68. The number of methoxy groups -OCH3 is 1. The summed E-state index contributed by atoms with van der Waals surface area (Å²) in [5.41, 5.74) is 0.990. The van der Waals surface area contributed by atoms with E-state index in [1.165, 1.54) is 7.11 Å². The van der Waals surface area contributed by atoms with E-state index in [0.29, 0.717) is 28.4 Å². The molecule has 1 aromatic rings. The summed E-state index contributed by atoms with van der Waals surface area (Å²) in [7, 11) is 1.51. The standard InChI is InChI=1S/C12H13NO3S/c1-3-16-12(14)6-8-4-10(15-2)11(17)5-9(8)7-13/h4-5,17H,3,6H2,1-2H3. The fraction of sp³-hybridized carbons (Fsp3) is 0.333. The number of nitrogens with zero attached hydrogens (tertiary/aromatic N) is 1. The summed E-state index contributed by atoms with van der Waals surface area (Å²) >= 11 is 4.19. The molecule has 0 saturated heterocycles. The first kappa shape index (κ1) is 13.4. The number of carbonyl (C=O) groups is 1. The van der Waals surface area contributed by atoms with Crippen molar-refractivity contribution in [2.75, 3.05) is 13.7 Å². The Kier molecular flexibility index (Phi) is 4.85. The highest BCUT2D eigenvalue weighted by molar-refractivity contribution is 7.80. The number of nitriles is 1. The third kappa shape index (κ3) is 3.40. The van der Waals surface area contributed by atoms with Crippen LogP contribution < -0.4 is 4.74 Å². The Labute approximate surface area is 106 Å². The van der Waals surface area contributed by atoms with E-state index in [4.69, 9.17) is 14.7 Å². The third-order valence-electron chi connectivity index (χ3n) is 2.17. The number of hydrogen-bond acceptors (Lipinski definition) is 5. The lowest BCUT2D eigenvalue weighted by Gasteiger charge is -2.09. The van der Waals surface area contributed by atoms with Gasteiger partial charge in [0.05, 0.1) is 31.8 Å². The first-order valence-corrected chi connectivity index (χ1v) is 5.52. The second kappa shape index (κ2) is 6.16. The van der Waals surface area contributed by atoms with Crippen LogP contribution in [0.15, 0.2) is 17.0 Å². The van der Waals surface area contributed by atoms with Crippen LogP contribution in [0.3, 0.4) is 0 Å². The summed E-state index contributed by atoms with van der Waals surface area (Å²) in [6, 6.07) is 5.24. The first-order chi connectivity index (χ1) is 8.12. The molecule has 0 spiro atoms. The lowest BCUT2D eigenvalue weighted by atomic mass is 10.1. The highest BCUT2D eigenvalue weighted by Crippen LogP contribution is 2.26. The second-order valence-electron chi connectivity index (χ2n) is 3.27. The maximum absolute atomic E-state index is 11.4. The van der Waals surface area contributed by atoms with Crippen molar-refractivity contribution in [1.82, 2.24) is 0 Å². The molecule has 0 saturated carbocycles. The van der Waals surface area contributed by atoms with E-state index >= 15 is 0 Å². The Balaban J connectivity index is 3.05. The Bertz CT molecular complexity index is 466. The molecule has 1 rings (SSSR count). The second-order valence-corrected chi connectivity index (χ2v) is 3.76. The normalized spacial score (nSPS) is 9.53. The van der Waals surface area contributed by atoms with Gasteiger partial charge in [0.15, 0.2) is 0 Å². The zero-order chi connectivity index (χ0) is 12.8. The molecule has 17 heavy (non-hydrogen) atoms. The van der Waals surface area contributed by atoms with Gasteiger partial charge in [-0.25, -0.2) is 0 Å². The summed E-state index contributed by atoms with van der Waals surface area (Å²) in [5, 5.41) is 8.97. The van der Waals surface area contributed by atoms with E-state index in [1.807, 2.05) is 6.07 Å². The zero-order valence-corrected chi connectivity index (χ0v) is 10.6. The summed E-state index contributed by atoms with van der Waals surface area (Å²) in [6.45, 7) is 2.06. The van der Waals surface area contributed by atoms with Crippen LogP contribution in [-0.2, 0) is 16.0 Å². The largest absolute Gasteiger partial charge is 0.496 e. The lowest BCUT2D eigenvalue weighted by Crippen LogP contribution is -2.09. The molecule has 0 unspecified atom stereocenters. The minimum absolute atomic E-state index is 0.0567. The fourth-order valence-electron chi connectivity index (χ4n) is 1.39. The van der Waals surface area contributed by atoms with Crippen molar-refractivity contribution < 1.29 is 14.3 Å². The molecule has 0 N–H and O–H groups in total. The molecule has 0 atom stereocenters. The highest BCUT2D eigenvalue weighted by Gasteiger charge is 2.12. The SMILES string of the molecule is CCOC(=O)Cc1cc(OC)c(S)cc1C#N.